The first-order valence-corrected chi connectivity index (χ1v) is 6.90. The van der Waals surface area contributed by atoms with E-state index < -0.39 is 0 Å². The highest BCUT2D eigenvalue weighted by atomic mass is 14.2. The molecule has 0 aliphatic carbocycles. The Bertz CT molecular complexity index is 645. The Hall–Kier alpha value is -2.34. The lowest BCUT2D eigenvalue weighted by atomic mass is 9.88. The number of hydrogen-bond donors (Lipinski definition) is 0. The smallest absolute Gasteiger partial charge is 0.00673 e. The van der Waals surface area contributed by atoms with Crippen LogP contribution in [0, 0.1) is 19.9 Å². The summed E-state index contributed by atoms with van der Waals surface area (Å²) in [5.41, 5.74) is 7.58. The predicted molar refractivity (Wildman–Crippen MR) is 85.6 cm³/mol. The van der Waals surface area contributed by atoms with Crippen LogP contribution in [0.2, 0.25) is 0 Å². The largest absolute Gasteiger partial charge is 0.0622 e. The summed E-state index contributed by atoms with van der Waals surface area (Å²) in [4.78, 5) is 0. The third kappa shape index (κ3) is 2.25. The quantitative estimate of drug-likeness (QED) is 0.573. The molecule has 0 amide bonds. The maximum absolute atomic E-state index is 3.38. The van der Waals surface area contributed by atoms with Crippen LogP contribution in [-0.2, 0) is 0 Å². The Kier molecular flexibility index (Phi) is 3.39. The van der Waals surface area contributed by atoms with Crippen LogP contribution in [0.4, 0.5) is 0 Å². The van der Waals surface area contributed by atoms with Gasteiger partial charge in [0.25, 0.3) is 0 Å². The molecular formula is C20H17. The summed E-state index contributed by atoms with van der Waals surface area (Å²) < 4.78 is 0. The molecule has 0 heterocycles. The van der Waals surface area contributed by atoms with Gasteiger partial charge in [-0.05, 0) is 53.3 Å². The molecule has 0 saturated heterocycles. The summed E-state index contributed by atoms with van der Waals surface area (Å²) in [7, 11) is 0. The molecular weight excluding hydrogens is 240 g/mol. The molecule has 20 heavy (non-hydrogen) atoms. The van der Waals surface area contributed by atoms with Gasteiger partial charge in [0, 0.05) is 0 Å². The summed E-state index contributed by atoms with van der Waals surface area (Å²) in [6, 6.07) is 26.6. The highest BCUT2D eigenvalue weighted by Crippen LogP contribution is 2.36. The van der Waals surface area contributed by atoms with Gasteiger partial charge in [0.15, 0.2) is 0 Å². The van der Waals surface area contributed by atoms with Crippen molar-refractivity contribution in [2.45, 2.75) is 13.8 Å². The normalized spacial score (nSPS) is 10.5. The van der Waals surface area contributed by atoms with Crippen LogP contribution in [0.5, 0.6) is 0 Å². The van der Waals surface area contributed by atoms with E-state index in [9.17, 15) is 0 Å². The topological polar surface area (TPSA) is 0 Å². The van der Waals surface area contributed by atoms with Gasteiger partial charge in [0.1, 0.15) is 0 Å². The standard InChI is InChI=1S/C20H17/c1-15-13-14-16(2)20(18-11-7-4-8-12-18)19(15)17-9-5-3-6-10-17/h3-13H,1-2H3. The lowest BCUT2D eigenvalue weighted by Gasteiger charge is -2.16. The van der Waals surface area contributed by atoms with E-state index in [1.807, 2.05) is 0 Å². The Balaban J connectivity index is 2.32. The van der Waals surface area contributed by atoms with Gasteiger partial charge in [-0.2, -0.15) is 0 Å². The molecule has 0 unspecified atom stereocenters. The van der Waals surface area contributed by atoms with Crippen LogP contribution in [0.15, 0.2) is 66.7 Å². The summed E-state index contributed by atoms with van der Waals surface area (Å²) in [5.74, 6) is 0. The molecule has 0 N–H and O–H groups in total. The maximum atomic E-state index is 3.38. The zero-order chi connectivity index (χ0) is 13.9. The molecule has 0 aliphatic heterocycles. The van der Waals surface area contributed by atoms with Crippen LogP contribution in [0.3, 0.4) is 0 Å². The fourth-order valence-corrected chi connectivity index (χ4v) is 2.69. The summed E-state index contributed by atoms with van der Waals surface area (Å²) in [6.45, 7) is 4.29. The average Bonchev–Trinajstić information content (AvgIpc) is 2.51. The van der Waals surface area contributed by atoms with Gasteiger partial charge in [-0.25, -0.2) is 0 Å². The van der Waals surface area contributed by atoms with Gasteiger partial charge in [-0.3, -0.25) is 0 Å². The first kappa shape index (κ1) is 12.7. The van der Waals surface area contributed by atoms with Crippen molar-refractivity contribution in [3.8, 4) is 22.3 Å². The highest BCUT2D eigenvalue weighted by molar-refractivity contribution is 5.87. The predicted octanol–water partition coefficient (Wildman–Crippen LogP) is 5.44. The molecule has 3 aromatic carbocycles. The average molecular weight is 257 g/mol. The van der Waals surface area contributed by atoms with E-state index in [1.165, 1.54) is 33.4 Å². The van der Waals surface area contributed by atoms with E-state index in [0.29, 0.717) is 0 Å². The van der Waals surface area contributed by atoms with Crippen LogP contribution in [0.25, 0.3) is 22.3 Å². The minimum atomic E-state index is 1.20. The lowest BCUT2D eigenvalue weighted by molar-refractivity contribution is 1.38. The fraction of sp³-hybridized carbons (Fsp3) is 0.100. The molecule has 3 rings (SSSR count). The van der Waals surface area contributed by atoms with E-state index in [0.717, 1.165) is 0 Å². The van der Waals surface area contributed by atoms with E-state index in [1.54, 1.807) is 0 Å². The minimum Gasteiger partial charge on any atom is -0.0622 e. The van der Waals surface area contributed by atoms with Gasteiger partial charge >= 0.3 is 0 Å². The third-order valence-electron chi connectivity index (χ3n) is 3.65. The minimum absolute atomic E-state index is 1.20. The Morgan fingerprint density at radius 2 is 1.15 bits per heavy atom. The lowest BCUT2D eigenvalue weighted by Crippen LogP contribution is -1.92. The summed E-state index contributed by atoms with van der Waals surface area (Å²) >= 11 is 0. The second-order valence-corrected chi connectivity index (χ2v) is 5.08. The summed E-state index contributed by atoms with van der Waals surface area (Å²) in [5, 5.41) is 0. The SMILES string of the molecule is Cc1[c]cc(C)c(-c2ccccc2)c1-c1ccccc1. The van der Waals surface area contributed by atoms with E-state index >= 15 is 0 Å². The van der Waals surface area contributed by atoms with Crippen molar-refractivity contribution in [1.82, 2.24) is 0 Å². The summed E-state index contributed by atoms with van der Waals surface area (Å²) in [6.07, 6.45) is 0. The van der Waals surface area contributed by atoms with Crippen LogP contribution >= 0.6 is 0 Å². The Labute approximate surface area is 120 Å². The van der Waals surface area contributed by atoms with Gasteiger partial charge in [-0.15, -0.1) is 0 Å². The molecule has 0 fully saturated rings. The Morgan fingerprint density at radius 3 is 1.70 bits per heavy atom. The maximum Gasteiger partial charge on any atom is -0.00673 e. The molecule has 1 radical (unpaired) electrons. The van der Waals surface area contributed by atoms with Crippen molar-refractivity contribution in [3.63, 3.8) is 0 Å². The van der Waals surface area contributed by atoms with Crippen LogP contribution in [-0.4, -0.2) is 0 Å². The number of rotatable bonds is 2. The molecule has 0 nitrogen and oxygen atoms in total. The number of hydrogen-bond acceptors (Lipinski definition) is 0. The van der Waals surface area contributed by atoms with E-state index in [-0.39, 0.29) is 0 Å². The molecule has 0 atom stereocenters. The highest BCUT2D eigenvalue weighted by Gasteiger charge is 2.12. The van der Waals surface area contributed by atoms with Crippen molar-refractivity contribution in [2.24, 2.45) is 0 Å². The van der Waals surface area contributed by atoms with Crippen molar-refractivity contribution >= 4 is 0 Å². The molecule has 97 valence electrons. The molecule has 3 aromatic rings. The molecule has 0 aliphatic rings. The molecule has 0 saturated carbocycles. The van der Waals surface area contributed by atoms with Gasteiger partial charge in [-0.1, -0.05) is 66.7 Å². The first-order valence-electron chi connectivity index (χ1n) is 6.90. The second kappa shape index (κ2) is 5.34. The zero-order valence-corrected chi connectivity index (χ0v) is 11.9. The first-order chi connectivity index (χ1) is 9.77. The monoisotopic (exact) mass is 257 g/mol. The van der Waals surface area contributed by atoms with Crippen molar-refractivity contribution in [3.05, 3.63) is 83.9 Å². The fourth-order valence-electron chi connectivity index (χ4n) is 2.69. The van der Waals surface area contributed by atoms with Gasteiger partial charge in [0.05, 0.1) is 0 Å². The van der Waals surface area contributed by atoms with E-state index in [4.69, 9.17) is 0 Å². The van der Waals surface area contributed by atoms with Crippen LogP contribution < -0.4 is 0 Å². The van der Waals surface area contributed by atoms with Gasteiger partial charge < -0.3 is 0 Å². The van der Waals surface area contributed by atoms with Crippen molar-refractivity contribution in [1.29, 1.82) is 0 Å². The van der Waals surface area contributed by atoms with Gasteiger partial charge in [0.2, 0.25) is 0 Å². The Morgan fingerprint density at radius 1 is 0.650 bits per heavy atom. The number of benzene rings is 3. The van der Waals surface area contributed by atoms with Crippen LogP contribution in [0.1, 0.15) is 11.1 Å². The van der Waals surface area contributed by atoms with Crippen molar-refractivity contribution in [2.75, 3.05) is 0 Å². The number of aryl methyl sites for hydroxylation is 2. The van der Waals surface area contributed by atoms with Crippen molar-refractivity contribution < 1.29 is 0 Å². The molecule has 0 spiro atoms. The second-order valence-electron chi connectivity index (χ2n) is 5.08. The molecule has 0 heteroatoms. The molecule has 0 bridgehead atoms. The third-order valence-corrected chi connectivity index (χ3v) is 3.65. The zero-order valence-electron chi connectivity index (χ0n) is 11.9. The molecule has 0 aromatic heterocycles. The van der Waals surface area contributed by atoms with E-state index in [2.05, 4.69) is 86.6 Å².